The lowest BCUT2D eigenvalue weighted by Crippen LogP contribution is -2.74. The van der Waals surface area contributed by atoms with Crippen LogP contribution in [-0.4, -0.2) is 8.07 Å². The molecule has 4 fully saturated rings. The maximum atomic E-state index is 2.57. The van der Waals surface area contributed by atoms with Crippen LogP contribution in [0.4, 0.5) is 17.1 Å². The number of benzene rings is 11. The normalized spacial score (nSPS) is 20.0. The van der Waals surface area contributed by atoms with E-state index in [1.54, 1.807) is 11.1 Å². The van der Waals surface area contributed by atoms with Crippen molar-refractivity contribution in [3.05, 3.63) is 272 Å². The Morgan fingerprint density at radius 3 is 1.49 bits per heavy atom. The Hall–Kier alpha value is -8.08. The number of hydrogen-bond donors (Lipinski definition) is 0. The maximum Gasteiger partial charge on any atom is 0.179 e. The minimum atomic E-state index is -2.73. The Morgan fingerprint density at radius 2 is 0.818 bits per heavy atom. The van der Waals surface area contributed by atoms with Crippen LogP contribution in [-0.2, 0) is 5.41 Å². The third-order valence-electron chi connectivity index (χ3n) is 19.0. The molecule has 1 spiro atoms. The Kier molecular flexibility index (Phi) is 10.4. The first kappa shape index (κ1) is 45.1. The summed E-state index contributed by atoms with van der Waals surface area (Å²) in [6, 6.07) is 99.4. The molecule has 11 aromatic carbocycles. The number of anilines is 3. The quantitative estimate of drug-likeness (QED) is 0.103. The van der Waals surface area contributed by atoms with Crippen molar-refractivity contribution in [2.24, 2.45) is 23.7 Å². The molecule has 4 bridgehead atoms. The summed E-state index contributed by atoms with van der Waals surface area (Å²) in [4.78, 5) is 2.47. The minimum Gasteiger partial charge on any atom is -0.310 e. The molecule has 3 heteroatoms. The standard InChI is InChI=1S/C74H57NSSi/c1-4-17-60(18-5-1)77(61-19-6-2-7-20-61,62-21-8-3-9-22-62)63-36-33-58(34-37-63)75(57-31-27-52(28-32-57)65-25-14-16-51-15-10-11-23-64(51)65)59-35-40-73-69(48-59)68-47-54(30-39-72(68)76-73)53-29-38-71-67(46-53)66-24-12-13-26-70(66)74(71)55-42-49-41-50(44-55)45-56(74)43-49/h1-40,46-50,55-56H,41-45H2. The SMILES string of the molecule is c1ccc([Si](c2ccccc2)(c2ccccc2)c2ccc(N(c3ccc(-c4cccc5ccccc45)cc3)c3ccc4sc5ccc(-c6ccc7c(c6)-c6ccccc6C76C7CC8CC(C7)CC6C8)cc5c4c3)cc2)cc1. The zero-order valence-electron chi connectivity index (χ0n) is 43.0. The second kappa shape index (κ2) is 17.7. The van der Waals surface area contributed by atoms with E-state index in [9.17, 15) is 0 Å². The lowest BCUT2D eigenvalue weighted by molar-refractivity contribution is -0.0399. The van der Waals surface area contributed by atoms with Gasteiger partial charge >= 0.3 is 0 Å². The molecule has 0 saturated heterocycles. The molecule has 77 heavy (non-hydrogen) atoms. The highest BCUT2D eigenvalue weighted by molar-refractivity contribution is 7.25. The van der Waals surface area contributed by atoms with Crippen molar-refractivity contribution in [2.75, 3.05) is 4.90 Å². The van der Waals surface area contributed by atoms with Crippen LogP contribution in [0.15, 0.2) is 261 Å². The highest BCUT2D eigenvalue weighted by Crippen LogP contribution is 2.69. The van der Waals surface area contributed by atoms with E-state index in [0.717, 1.165) is 40.7 Å². The number of fused-ring (bicyclic) bond motifs is 7. The maximum absolute atomic E-state index is 2.73. The summed E-state index contributed by atoms with van der Waals surface area (Å²) in [6.07, 6.45) is 7.11. The average Bonchev–Trinajstić information content (AvgIpc) is 4.25. The summed E-state index contributed by atoms with van der Waals surface area (Å²) in [5.74, 6) is 3.41. The van der Waals surface area contributed by atoms with Gasteiger partial charge in [0.2, 0.25) is 0 Å². The van der Waals surface area contributed by atoms with Gasteiger partial charge in [0.15, 0.2) is 8.07 Å². The van der Waals surface area contributed by atoms with Crippen molar-refractivity contribution in [1.29, 1.82) is 0 Å². The van der Waals surface area contributed by atoms with Gasteiger partial charge in [-0.15, -0.1) is 11.3 Å². The molecule has 0 unspecified atom stereocenters. The lowest BCUT2D eigenvalue weighted by atomic mass is 9.43. The van der Waals surface area contributed by atoms with Gasteiger partial charge in [0, 0.05) is 42.6 Å². The molecule has 5 aliphatic rings. The molecule has 1 nitrogen and oxygen atoms in total. The first-order valence-corrected chi connectivity index (χ1v) is 30.8. The van der Waals surface area contributed by atoms with Crippen LogP contribution >= 0.6 is 11.3 Å². The Bertz CT molecular complexity index is 4090. The Balaban J connectivity index is 0.829. The highest BCUT2D eigenvalue weighted by atomic mass is 32.1. The highest BCUT2D eigenvalue weighted by Gasteiger charge is 2.61. The molecule has 1 heterocycles. The van der Waals surface area contributed by atoms with Crippen LogP contribution in [0.2, 0.25) is 0 Å². The van der Waals surface area contributed by atoms with Crippen molar-refractivity contribution in [1.82, 2.24) is 0 Å². The predicted octanol–water partition coefficient (Wildman–Crippen LogP) is 17.1. The van der Waals surface area contributed by atoms with Gasteiger partial charge in [0.1, 0.15) is 0 Å². The molecule has 12 aromatic rings. The minimum absolute atomic E-state index is 0.182. The van der Waals surface area contributed by atoms with Gasteiger partial charge in [-0.3, -0.25) is 0 Å². The van der Waals surface area contributed by atoms with E-state index in [0.29, 0.717) is 0 Å². The zero-order chi connectivity index (χ0) is 50.7. The van der Waals surface area contributed by atoms with Crippen molar-refractivity contribution in [3.8, 4) is 33.4 Å². The van der Waals surface area contributed by atoms with Gasteiger partial charge in [-0.05, 0) is 192 Å². The number of hydrogen-bond acceptors (Lipinski definition) is 2. The summed E-state index contributed by atoms with van der Waals surface area (Å²) in [5, 5.41) is 10.6. The largest absolute Gasteiger partial charge is 0.310 e. The monoisotopic (exact) mass is 1020 g/mol. The number of nitrogens with zero attached hydrogens (tertiary/aromatic N) is 1. The molecule has 17 rings (SSSR count). The molecule has 0 atom stereocenters. The Labute approximate surface area is 456 Å². The van der Waals surface area contributed by atoms with Crippen molar-refractivity contribution in [3.63, 3.8) is 0 Å². The number of rotatable bonds is 9. The zero-order valence-corrected chi connectivity index (χ0v) is 44.8. The van der Waals surface area contributed by atoms with Crippen molar-refractivity contribution < 1.29 is 0 Å². The van der Waals surface area contributed by atoms with Crippen LogP contribution in [0.3, 0.4) is 0 Å². The van der Waals surface area contributed by atoms with Gasteiger partial charge in [-0.1, -0.05) is 200 Å². The van der Waals surface area contributed by atoms with Gasteiger partial charge in [-0.25, -0.2) is 0 Å². The molecule has 368 valence electrons. The van der Waals surface area contributed by atoms with Crippen molar-refractivity contribution in [2.45, 2.75) is 37.5 Å². The second-order valence-electron chi connectivity index (χ2n) is 22.8. The summed E-state index contributed by atoms with van der Waals surface area (Å²) < 4.78 is 2.62. The van der Waals surface area contributed by atoms with Crippen LogP contribution in [0, 0.1) is 23.7 Å². The molecule has 5 aliphatic carbocycles. The molecule has 1 aromatic heterocycles. The van der Waals surface area contributed by atoms with Crippen LogP contribution < -0.4 is 25.6 Å². The molecular weight excluding hydrogens is 963 g/mol. The van der Waals surface area contributed by atoms with Gasteiger partial charge in [-0.2, -0.15) is 0 Å². The van der Waals surface area contributed by atoms with E-state index < -0.39 is 8.07 Å². The van der Waals surface area contributed by atoms with Gasteiger partial charge in [0.05, 0.1) is 0 Å². The molecule has 0 N–H and O–H groups in total. The average molecular weight is 1020 g/mol. The van der Waals surface area contributed by atoms with E-state index in [1.807, 2.05) is 11.3 Å². The lowest BCUT2D eigenvalue weighted by Gasteiger charge is -2.61. The summed E-state index contributed by atoms with van der Waals surface area (Å²) >= 11 is 1.90. The third-order valence-corrected chi connectivity index (χ3v) is 25.0. The van der Waals surface area contributed by atoms with E-state index in [4.69, 9.17) is 0 Å². The summed E-state index contributed by atoms with van der Waals surface area (Å²) in [6.45, 7) is 0. The molecule has 4 saturated carbocycles. The van der Waals surface area contributed by atoms with Crippen LogP contribution in [0.25, 0.3) is 64.3 Å². The van der Waals surface area contributed by atoms with Crippen LogP contribution in [0.5, 0.6) is 0 Å². The topological polar surface area (TPSA) is 3.24 Å². The van der Waals surface area contributed by atoms with Gasteiger partial charge in [0.25, 0.3) is 0 Å². The smallest absolute Gasteiger partial charge is 0.179 e. The fourth-order valence-corrected chi connectivity index (χ4v) is 21.9. The Morgan fingerprint density at radius 1 is 0.338 bits per heavy atom. The van der Waals surface area contributed by atoms with E-state index in [1.165, 1.54) is 117 Å². The van der Waals surface area contributed by atoms with E-state index in [2.05, 4.69) is 266 Å². The van der Waals surface area contributed by atoms with Crippen LogP contribution in [0.1, 0.15) is 43.2 Å². The summed E-state index contributed by atoms with van der Waals surface area (Å²) in [7, 11) is -2.73. The molecular formula is C74H57NSSi. The van der Waals surface area contributed by atoms with E-state index >= 15 is 0 Å². The predicted molar refractivity (Wildman–Crippen MR) is 329 cm³/mol. The van der Waals surface area contributed by atoms with E-state index in [-0.39, 0.29) is 5.41 Å². The van der Waals surface area contributed by atoms with Gasteiger partial charge < -0.3 is 4.90 Å². The molecule has 0 radical (unpaired) electrons. The second-order valence-corrected chi connectivity index (χ2v) is 27.7. The fourth-order valence-electron chi connectivity index (χ4n) is 16.1. The summed E-state index contributed by atoms with van der Waals surface area (Å²) in [5.41, 5.74) is 14.8. The molecule has 0 aliphatic heterocycles. The first-order chi connectivity index (χ1) is 38.1. The van der Waals surface area contributed by atoms with Crippen molar-refractivity contribution >= 4 is 88.2 Å². The third kappa shape index (κ3) is 6.89. The first-order valence-electron chi connectivity index (χ1n) is 28.0. The fraction of sp³-hybridized carbons (Fsp3) is 0.135. The number of thiophene rings is 1. The molecule has 0 amide bonds.